The Hall–Kier alpha value is -0.300. The second-order valence-electron chi connectivity index (χ2n) is 3.67. The average Bonchev–Trinajstić information content (AvgIpc) is 1.88. The summed E-state index contributed by atoms with van der Waals surface area (Å²) in [5.74, 6) is 0. The first-order chi connectivity index (χ1) is 5.04. The zero-order valence-corrected chi connectivity index (χ0v) is 8.24. The molecule has 1 nitrogen and oxygen atoms in total. The van der Waals surface area contributed by atoms with Crippen LogP contribution < -0.4 is 0 Å². The second kappa shape index (κ2) is 4.55. The smallest absolute Gasteiger partial charge is 0.0675 e. The van der Waals surface area contributed by atoms with E-state index in [9.17, 15) is 0 Å². The van der Waals surface area contributed by atoms with Gasteiger partial charge in [0.2, 0.25) is 0 Å². The lowest BCUT2D eigenvalue weighted by atomic mass is 9.81. The molecule has 0 aliphatic rings. The molecule has 0 amide bonds. The van der Waals surface area contributed by atoms with Crippen molar-refractivity contribution in [3.05, 3.63) is 12.2 Å². The Bertz CT molecular complexity index is 125. The molecular formula is C10H20O. The predicted octanol–water partition coefficient (Wildman–Crippen LogP) is 3.02. The van der Waals surface area contributed by atoms with Crippen LogP contribution in [0.5, 0.6) is 0 Å². The number of hydrogen-bond acceptors (Lipinski definition) is 1. The predicted molar refractivity (Wildman–Crippen MR) is 49.7 cm³/mol. The molecule has 0 atom stereocenters. The molecule has 0 aromatic rings. The zero-order chi connectivity index (χ0) is 8.91. The van der Waals surface area contributed by atoms with E-state index in [1.165, 1.54) is 18.4 Å². The maximum atomic E-state index is 5.04. The second-order valence-corrected chi connectivity index (χ2v) is 3.67. The maximum absolute atomic E-state index is 5.04. The van der Waals surface area contributed by atoms with Gasteiger partial charge in [-0.3, -0.25) is 0 Å². The fraction of sp³-hybridized carbons (Fsp3) is 0.800. The summed E-state index contributed by atoms with van der Waals surface area (Å²) in [7, 11) is 1.72. The van der Waals surface area contributed by atoms with Crippen molar-refractivity contribution in [1.82, 2.24) is 0 Å². The van der Waals surface area contributed by atoms with Crippen LogP contribution in [0.3, 0.4) is 0 Å². The number of ether oxygens (including phenoxy) is 1. The first kappa shape index (κ1) is 10.7. The highest BCUT2D eigenvalue weighted by atomic mass is 16.5. The van der Waals surface area contributed by atoms with Gasteiger partial charge in [0.25, 0.3) is 0 Å². The van der Waals surface area contributed by atoms with E-state index in [1.54, 1.807) is 7.11 Å². The SMILES string of the molecule is C=C(COC)C(C)(C)CCC. The topological polar surface area (TPSA) is 9.23 Å². The van der Waals surface area contributed by atoms with Crippen LogP contribution in [0.4, 0.5) is 0 Å². The van der Waals surface area contributed by atoms with Crippen molar-refractivity contribution in [3.63, 3.8) is 0 Å². The fourth-order valence-corrected chi connectivity index (χ4v) is 1.17. The molecular weight excluding hydrogens is 136 g/mol. The van der Waals surface area contributed by atoms with Gasteiger partial charge in [0, 0.05) is 7.11 Å². The molecule has 0 aromatic heterocycles. The lowest BCUT2D eigenvalue weighted by Gasteiger charge is -2.26. The lowest BCUT2D eigenvalue weighted by molar-refractivity contribution is 0.201. The van der Waals surface area contributed by atoms with Gasteiger partial charge in [-0.25, -0.2) is 0 Å². The summed E-state index contributed by atoms with van der Waals surface area (Å²) in [6.07, 6.45) is 2.39. The number of rotatable bonds is 5. The highest BCUT2D eigenvalue weighted by Crippen LogP contribution is 2.30. The minimum absolute atomic E-state index is 0.241. The fourth-order valence-electron chi connectivity index (χ4n) is 1.17. The molecule has 0 heterocycles. The first-order valence-corrected chi connectivity index (χ1v) is 4.21. The molecule has 0 saturated heterocycles. The summed E-state index contributed by atoms with van der Waals surface area (Å²) < 4.78 is 5.04. The molecule has 0 radical (unpaired) electrons. The van der Waals surface area contributed by atoms with Gasteiger partial charge in [0.1, 0.15) is 0 Å². The van der Waals surface area contributed by atoms with Crippen molar-refractivity contribution in [3.8, 4) is 0 Å². The lowest BCUT2D eigenvalue weighted by Crippen LogP contribution is -2.16. The average molecular weight is 156 g/mol. The molecule has 0 saturated carbocycles. The van der Waals surface area contributed by atoms with E-state index in [1.807, 2.05) is 0 Å². The monoisotopic (exact) mass is 156 g/mol. The summed E-state index contributed by atoms with van der Waals surface area (Å²) in [5.41, 5.74) is 1.44. The van der Waals surface area contributed by atoms with Gasteiger partial charge in [-0.05, 0) is 17.4 Å². The van der Waals surface area contributed by atoms with Crippen molar-refractivity contribution < 1.29 is 4.74 Å². The summed E-state index contributed by atoms with van der Waals surface area (Å²) >= 11 is 0. The van der Waals surface area contributed by atoms with E-state index in [0.717, 1.165) is 0 Å². The normalized spacial score (nSPS) is 11.6. The minimum atomic E-state index is 0.241. The van der Waals surface area contributed by atoms with Gasteiger partial charge in [-0.1, -0.05) is 33.8 Å². The van der Waals surface area contributed by atoms with Crippen LogP contribution in [-0.4, -0.2) is 13.7 Å². The Balaban J connectivity index is 3.94. The molecule has 0 N–H and O–H groups in total. The molecule has 0 aromatic carbocycles. The van der Waals surface area contributed by atoms with Crippen LogP contribution >= 0.6 is 0 Å². The van der Waals surface area contributed by atoms with Crippen molar-refractivity contribution in [2.45, 2.75) is 33.6 Å². The minimum Gasteiger partial charge on any atom is -0.380 e. The van der Waals surface area contributed by atoms with Crippen LogP contribution in [-0.2, 0) is 4.74 Å². The highest BCUT2D eigenvalue weighted by molar-refractivity contribution is 5.06. The first-order valence-electron chi connectivity index (χ1n) is 4.21. The van der Waals surface area contributed by atoms with E-state index in [4.69, 9.17) is 4.74 Å². The third-order valence-corrected chi connectivity index (χ3v) is 2.15. The van der Waals surface area contributed by atoms with Crippen LogP contribution in [0, 0.1) is 5.41 Å². The molecule has 0 aliphatic heterocycles. The van der Waals surface area contributed by atoms with Gasteiger partial charge >= 0.3 is 0 Å². The van der Waals surface area contributed by atoms with Gasteiger partial charge in [-0.15, -0.1) is 0 Å². The Morgan fingerprint density at radius 1 is 1.45 bits per heavy atom. The molecule has 0 aliphatic carbocycles. The molecule has 0 fully saturated rings. The van der Waals surface area contributed by atoms with Crippen LogP contribution in [0.25, 0.3) is 0 Å². The zero-order valence-electron chi connectivity index (χ0n) is 8.24. The van der Waals surface area contributed by atoms with Crippen molar-refractivity contribution in [1.29, 1.82) is 0 Å². The third kappa shape index (κ3) is 3.57. The van der Waals surface area contributed by atoms with E-state index < -0.39 is 0 Å². The third-order valence-electron chi connectivity index (χ3n) is 2.15. The van der Waals surface area contributed by atoms with Gasteiger partial charge in [-0.2, -0.15) is 0 Å². The van der Waals surface area contributed by atoms with Crippen molar-refractivity contribution in [2.24, 2.45) is 5.41 Å². The molecule has 0 bridgehead atoms. The van der Waals surface area contributed by atoms with Gasteiger partial charge in [0.05, 0.1) is 6.61 Å². The van der Waals surface area contributed by atoms with E-state index in [-0.39, 0.29) is 5.41 Å². The van der Waals surface area contributed by atoms with Crippen molar-refractivity contribution >= 4 is 0 Å². The highest BCUT2D eigenvalue weighted by Gasteiger charge is 2.19. The standard InChI is InChI=1S/C10H20O/c1-6-7-10(3,4)9(2)8-11-5/h2,6-8H2,1,3-5H3. The van der Waals surface area contributed by atoms with Crippen LogP contribution in [0.15, 0.2) is 12.2 Å². The Kier molecular flexibility index (Phi) is 4.43. The Morgan fingerprint density at radius 2 is 2.00 bits per heavy atom. The summed E-state index contributed by atoms with van der Waals surface area (Å²) in [4.78, 5) is 0. The van der Waals surface area contributed by atoms with E-state index >= 15 is 0 Å². The van der Waals surface area contributed by atoms with Crippen molar-refractivity contribution in [2.75, 3.05) is 13.7 Å². The molecule has 1 heteroatoms. The van der Waals surface area contributed by atoms with E-state index in [0.29, 0.717) is 6.61 Å². The molecule has 11 heavy (non-hydrogen) atoms. The molecule has 66 valence electrons. The summed E-state index contributed by atoms with van der Waals surface area (Å²) in [6.45, 7) is 11.3. The van der Waals surface area contributed by atoms with Crippen LogP contribution in [0.2, 0.25) is 0 Å². The number of methoxy groups -OCH3 is 1. The van der Waals surface area contributed by atoms with Gasteiger partial charge < -0.3 is 4.74 Å². The Labute approximate surface area is 70.4 Å². The molecule has 0 rings (SSSR count). The molecule has 0 spiro atoms. The summed E-state index contributed by atoms with van der Waals surface area (Å²) in [6, 6.07) is 0. The number of hydrogen-bond donors (Lipinski definition) is 0. The molecule has 0 unspecified atom stereocenters. The van der Waals surface area contributed by atoms with E-state index in [2.05, 4.69) is 27.4 Å². The largest absolute Gasteiger partial charge is 0.380 e. The van der Waals surface area contributed by atoms with Gasteiger partial charge in [0.15, 0.2) is 0 Å². The van der Waals surface area contributed by atoms with Crippen LogP contribution in [0.1, 0.15) is 33.6 Å². The Morgan fingerprint density at radius 3 is 2.36 bits per heavy atom. The summed E-state index contributed by atoms with van der Waals surface area (Å²) in [5, 5.41) is 0. The quantitative estimate of drug-likeness (QED) is 0.556. The maximum Gasteiger partial charge on any atom is 0.0675 e.